The summed E-state index contributed by atoms with van der Waals surface area (Å²) in [6.45, 7) is 9.43. The van der Waals surface area contributed by atoms with E-state index in [2.05, 4.69) is 22.5 Å². The van der Waals surface area contributed by atoms with Gasteiger partial charge in [-0.05, 0) is 23.8 Å². The first-order chi connectivity index (χ1) is 13.2. The number of rotatable bonds is 3. The lowest BCUT2D eigenvalue weighted by molar-refractivity contribution is -0.141. The van der Waals surface area contributed by atoms with Crippen molar-refractivity contribution in [1.82, 2.24) is 4.90 Å². The number of carbonyl (C=O) groups is 3. The van der Waals surface area contributed by atoms with Crippen LogP contribution in [0.25, 0.3) is 6.08 Å². The normalized spacial score (nSPS) is 28.3. The topological polar surface area (TPSA) is 57.7 Å². The van der Waals surface area contributed by atoms with Crippen molar-refractivity contribution >= 4 is 45.3 Å². The van der Waals surface area contributed by atoms with Crippen LogP contribution in [0.4, 0.5) is 5.69 Å². The van der Waals surface area contributed by atoms with Crippen molar-refractivity contribution in [3.8, 4) is 0 Å². The third-order valence-corrected chi connectivity index (χ3v) is 6.37. The number of hydrogen-bond acceptors (Lipinski definition) is 4. The highest BCUT2D eigenvalue weighted by atomic mass is 79.9. The molecule has 146 valence electrons. The maximum absolute atomic E-state index is 13.5. The summed E-state index contributed by atoms with van der Waals surface area (Å²) in [6.07, 6.45) is 5.50. The third-order valence-electron chi connectivity index (χ3n) is 5.88. The number of anilines is 1. The first-order valence-electron chi connectivity index (χ1n) is 9.43. The molecule has 3 aliphatic rings. The number of carbonyl (C=O) groups excluding carboxylic acids is 3. The summed E-state index contributed by atoms with van der Waals surface area (Å²) in [6, 6.07) is 4.90. The van der Waals surface area contributed by atoms with Crippen LogP contribution in [0.3, 0.4) is 0 Å². The first-order valence-corrected chi connectivity index (χ1v) is 10.2. The molecule has 2 unspecified atom stereocenters. The Morgan fingerprint density at radius 3 is 2.54 bits per heavy atom. The fraction of sp³-hybridized carbons (Fsp3) is 0.409. The monoisotopic (exact) mass is 442 g/mol. The van der Waals surface area contributed by atoms with Gasteiger partial charge in [-0.2, -0.15) is 0 Å². The summed E-state index contributed by atoms with van der Waals surface area (Å²) in [4.78, 5) is 43.0. The van der Waals surface area contributed by atoms with Gasteiger partial charge in [0, 0.05) is 22.1 Å². The Labute approximate surface area is 173 Å². The summed E-state index contributed by atoms with van der Waals surface area (Å²) < 4.78 is 0.941. The van der Waals surface area contributed by atoms with Crippen molar-refractivity contribution in [2.24, 2.45) is 17.3 Å². The molecule has 5 nitrogen and oxygen atoms in total. The number of imide groups is 1. The molecule has 4 rings (SSSR count). The molecule has 1 aromatic carbocycles. The van der Waals surface area contributed by atoms with Crippen molar-refractivity contribution in [2.75, 3.05) is 11.4 Å². The van der Waals surface area contributed by atoms with E-state index in [0.29, 0.717) is 0 Å². The van der Waals surface area contributed by atoms with Crippen molar-refractivity contribution < 1.29 is 14.4 Å². The first kappa shape index (κ1) is 19.1. The van der Waals surface area contributed by atoms with Crippen LogP contribution in [0.15, 0.2) is 41.4 Å². The van der Waals surface area contributed by atoms with Crippen molar-refractivity contribution in [2.45, 2.75) is 32.9 Å². The van der Waals surface area contributed by atoms with E-state index in [1.807, 2.05) is 56.0 Å². The Kier molecular flexibility index (Phi) is 4.38. The van der Waals surface area contributed by atoms with Gasteiger partial charge in [0.2, 0.25) is 11.8 Å². The van der Waals surface area contributed by atoms with E-state index in [0.717, 1.165) is 15.7 Å². The van der Waals surface area contributed by atoms with Gasteiger partial charge in [0.1, 0.15) is 6.04 Å². The zero-order chi connectivity index (χ0) is 20.4. The summed E-state index contributed by atoms with van der Waals surface area (Å²) in [7, 11) is 0. The Hall–Kier alpha value is -2.21. The van der Waals surface area contributed by atoms with Crippen LogP contribution in [-0.2, 0) is 14.4 Å². The average Bonchev–Trinajstić information content (AvgIpc) is 3.09. The van der Waals surface area contributed by atoms with E-state index < -0.39 is 23.3 Å². The molecule has 6 heteroatoms. The van der Waals surface area contributed by atoms with E-state index in [9.17, 15) is 14.4 Å². The SMILES string of the molecule is C=CCN1C(=O)[C@@H]2C3C=Cc4cc(Br)ccc4N3C(C(=O)C(C)(C)C)[C@@H]2C1=O. The number of fused-ring (bicyclic) bond motifs is 5. The van der Waals surface area contributed by atoms with Gasteiger partial charge < -0.3 is 4.90 Å². The molecule has 0 aromatic heterocycles. The van der Waals surface area contributed by atoms with Crippen LogP contribution < -0.4 is 4.90 Å². The van der Waals surface area contributed by atoms with Crippen molar-refractivity contribution in [3.63, 3.8) is 0 Å². The molecule has 4 atom stereocenters. The number of likely N-dealkylation sites (tertiary alicyclic amines) is 1. The standard InChI is InChI=1S/C22H23BrN2O3/c1-5-10-24-20(27)16-15-8-6-12-11-13(23)7-9-14(12)25(15)18(17(16)21(24)28)19(26)22(2,3)4/h5-9,11,15-18H,1,10H2,2-4H3/t15?,16-,17-,18?/m1/s1. The predicted octanol–water partition coefficient (Wildman–Crippen LogP) is 3.44. The van der Waals surface area contributed by atoms with Crippen LogP contribution in [0, 0.1) is 17.3 Å². The largest absolute Gasteiger partial charge is 0.353 e. The molecule has 28 heavy (non-hydrogen) atoms. The molecule has 0 radical (unpaired) electrons. The fourth-order valence-electron chi connectivity index (χ4n) is 4.66. The van der Waals surface area contributed by atoms with Gasteiger partial charge in [-0.1, -0.05) is 54.9 Å². The van der Waals surface area contributed by atoms with E-state index in [1.54, 1.807) is 6.08 Å². The summed E-state index contributed by atoms with van der Waals surface area (Å²) in [5.41, 5.74) is 1.24. The lowest BCUT2D eigenvalue weighted by Gasteiger charge is -2.38. The molecule has 0 N–H and O–H groups in total. The van der Waals surface area contributed by atoms with Gasteiger partial charge >= 0.3 is 0 Å². The van der Waals surface area contributed by atoms with Crippen LogP contribution in [-0.4, -0.2) is 41.1 Å². The Morgan fingerprint density at radius 1 is 1.21 bits per heavy atom. The molecule has 0 saturated carbocycles. The molecule has 0 aliphatic carbocycles. The minimum absolute atomic E-state index is 0.0178. The van der Waals surface area contributed by atoms with Gasteiger partial charge in [0.05, 0.1) is 17.9 Å². The molecule has 2 amide bonds. The van der Waals surface area contributed by atoms with Gasteiger partial charge in [-0.15, -0.1) is 6.58 Å². The Bertz CT molecular complexity index is 930. The van der Waals surface area contributed by atoms with E-state index in [1.165, 1.54) is 4.90 Å². The van der Waals surface area contributed by atoms with Crippen molar-refractivity contribution in [1.29, 1.82) is 0 Å². The minimum atomic E-state index is -0.663. The van der Waals surface area contributed by atoms with E-state index >= 15 is 0 Å². The Morgan fingerprint density at radius 2 is 1.89 bits per heavy atom. The minimum Gasteiger partial charge on any atom is -0.353 e. The van der Waals surface area contributed by atoms with E-state index in [-0.39, 0.29) is 30.2 Å². The van der Waals surface area contributed by atoms with Gasteiger partial charge in [0.25, 0.3) is 0 Å². The number of Topliss-reactive ketones (excluding diaryl/α,β-unsaturated/α-hetero) is 1. The smallest absolute Gasteiger partial charge is 0.236 e. The van der Waals surface area contributed by atoms with Crippen molar-refractivity contribution in [3.05, 3.63) is 47.0 Å². The third kappa shape index (κ3) is 2.61. The molecule has 3 heterocycles. The maximum atomic E-state index is 13.5. The highest BCUT2D eigenvalue weighted by Crippen LogP contribution is 2.50. The number of ketones is 1. The number of halogens is 1. The zero-order valence-electron chi connectivity index (χ0n) is 16.2. The molecule has 3 aliphatic heterocycles. The predicted molar refractivity (Wildman–Crippen MR) is 112 cm³/mol. The number of benzene rings is 1. The lowest BCUT2D eigenvalue weighted by atomic mass is 9.79. The maximum Gasteiger partial charge on any atom is 0.236 e. The molecule has 2 fully saturated rings. The number of hydrogen-bond donors (Lipinski definition) is 0. The highest BCUT2D eigenvalue weighted by molar-refractivity contribution is 9.10. The Balaban J connectivity index is 1.88. The average molecular weight is 443 g/mol. The lowest BCUT2D eigenvalue weighted by Crippen LogP contribution is -2.51. The summed E-state index contributed by atoms with van der Waals surface area (Å²) in [5.74, 6) is -1.70. The molecule has 0 bridgehead atoms. The number of amides is 2. The van der Waals surface area contributed by atoms with Gasteiger partial charge in [-0.25, -0.2) is 0 Å². The van der Waals surface area contributed by atoms with Crippen LogP contribution in [0.5, 0.6) is 0 Å². The van der Waals surface area contributed by atoms with Gasteiger partial charge in [0.15, 0.2) is 5.78 Å². The zero-order valence-corrected chi connectivity index (χ0v) is 17.8. The molecular weight excluding hydrogens is 420 g/mol. The molecule has 2 saturated heterocycles. The quantitative estimate of drug-likeness (QED) is 0.531. The number of nitrogens with zero attached hydrogens (tertiary/aromatic N) is 2. The molecular formula is C22H23BrN2O3. The van der Waals surface area contributed by atoms with Crippen LogP contribution >= 0.6 is 15.9 Å². The van der Waals surface area contributed by atoms with Gasteiger partial charge in [-0.3, -0.25) is 19.3 Å². The van der Waals surface area contributed by atoms with E-state index in [4.69, 9.17) is 0 Å². The highest BCUT2D eigenvalue weighted by Gasteiger charge is 2.64. The van der Waals surface area contributed by atoms with Crippen LogP contribution in [0.2, 0.25) is 0 Å². The molecule has 0 spiro atoms. The second kappa shape index (κ2) is 6.41. The summed E-state index contributed by atoms with van der Waals surface area (Å²) >= 11 is 3.49. The second-order valence-corrected chi connectivity index (χ2v) is 9.56. The summed E-state index contributed by atoms with van der Waals surface area (Å²) in [5, 5.41) is 0. The van der Waals surface area contributed by atoms with Crippen LogP contribution in [0.1, 0.15) is 26.3 Å². The fourth-order valence-corrected chi connectivity index (χ4v) is 5.04. The molecule has 1 aromatic rings. The second-order valence-electron chi connectivity index (χ2n) is 8.65.